The Bertz CT molecular complexity index is 2660. The fraction of sp³-hybridized carbons (Fsp3) is 0.0222. The number of nitrogens with zero attached hydrogens (tertiary/aromatic N) is 2. The van der Waals surface area contributed by atoms with Gasteiger partial charge in [-0.15, -0.1) is 11.3 Å². The fourth-order valence-electron chi connectivity index (χ4n) is 7.60. The van der Waals surface area contributed by atoms with E-state index in [2.05, 4.69) is 164 Å². The second-order valence-electron chi connectivity index (χ2n) is 12.5. The lowest BCUT2D eigenvalue weighted by Gasteiger charge is -2.41. The summed E-state index contributed by atoms with van der Waals surface area (Å²) in [7, 11) is 0. The maximum absolute atomic E-state index is 6.79. The Balaban J connectivity index is 1.23. The van der Waals surface area contributed by atoms with Crippen LogP contribution in [0.25, 0.3) is 53.7 Å². The lowest BCUT2D eigenvalue weighted by molar-refractivity contribution is 0.434. The first-order chi connectivity index (χ1) is 24.3. The van der Waals surface area contributed by atoms with Gasteiger partial charge in [0.05, 0.1) is 21.3 Å². The zero-order valence-electron chi connectivity index (χ0n) is 26.4. The van der Waals surface area contributed by atoms with Gasteiger partial charge in [0.1, 0.15) is 11.5 Å². The first kappa shape index (κ1) is 28.0. The van der Waals surface area contributed by atoms with E-state index in [1.807, 2.05) is 6.07 Å². The molecule has 4 heteroatoms. The third kappa shape index (κ3) is 4.28. The Hall–Kier alpha value is -6.10. The van der Waals surface area contributed by atoms with Crippen molar-refractivity contribution in [3.05, 3.63) is 192 Å². The highest BCUT2D eigenvalue weighted by Gasteiger charge is 2.45. The van der Waals surface area contributed by atoms with Crippen LogP contribution in [0.15, 0.2) is 170 Å². The molecule has 49 heavy (non-hydrogen) atoms. The molecule has 0 amide bonds. The summed E-state index contributed by atoms with van der Waals surface area (Å²) in [6, 6.07) is 60.0. The van der Waals surface area contributed by atoms with E-state index in [1.165, 1.54) is 26.6 Å². The van der Waals surface area contributed by atoms with Crippen LogP contribution in [0.1, 0.15) is 22.3 Å². The largest absolute Gasteiger partial charge is 0.457 e. The number of benzene rings is 7. The molecule has 2 aromatic heterocycles. The summed E-state index contributed by atoms with van der Waals surface area (Å²) in [6.07, 6.45) is 0. The van der Waals surface area contributed by atoms with Gasteiger partial charge >= 0.3 is 0 Å². The van der Waals surface area contributed by atoms with E-state index in [9.17, 15) is 0 Å². The minimum Gasteiger partial charge on any atom is -0.457 e. The van der Waals surface area contributed by atoms with Gasteiger partial charge in [0.2, 0.25) is 0 Å². The zero-order valence-corrected chi connectivity index (χ0v) is 27.2. The Kier molecular flexibility index (Phi) is 6.27. The van der Waals surface area contributed by atoms with Crippen LogP contribution in [0.3, 0.4) is 0 Å². The highest BCUT2D eigenvalue weighted by Crippen LogP contribution is 2.55. The van der Waals surface area contributed by atoms with Crippen molar-refractivity contribution in [1.82, 2.24) is 9.97 Å². The van der Waals surface area contributed by atoms with E-state index in [0.717, 1.165) is 55.0 Å². The van der Waals surface area contributed by atoms with Crippen molar-refractivity contribution < 1.29 is 4.74 Å². The number of aromatic nitrogens is 2. The van der Waals surface area contributed by atoms with E-state index < -0.39 is 5.41 Å². The van der Waals surface area contributed by atoms with Crippen molar-refractivity contribution in [2.24, 2.45) is 0 Å². The van der Waals surface area contributed by atoms with Crippen molar-refractivity contribution in [3.8, 4) is 34.1 Å². The Morgan fingerprint density at radius 1 is 0.490 bits per heavy atom. The molecular weight excluding hydrogens is 617 g/mol. The molecule has 0 saturated heterocycles. The first-order valence-electron chi connectivity index (χ1n) is 16.5. The number of fused-ring (bicyclic) bond motifs is 6. The van der Waals surface area contributed by atoms with Crippen LogP contribution in [0, 0.1) is 0 Å². The van der Waals surface area contributed by atoms with Crippen molar-refractivity contribution in [3.63, 3.8) is 0 Å². The van der Waals surface area contributed by atoms with E-state index >= 15 is 0 Å². The number of rotatable bonds is 4. The number of thiophene rings is 1. The van der Waals surface area contributed by atoms with E-state index in [4.69, 9.17) is 14.7 Å². The van der Waals surface area contributed by atoms with Gasteiger partial charge in [-0.3, -0.25) is 0 Å². The average molecular weight is 645 g/mol. The van der Waals surface area contributed by atoms with Crippen molar-refractivity contribution in [2.75, 3.05) is 0 Å². The van der Waals surface area contributed by atoms with Gasteiger partial charge in [-0.2, -0.15) is 0 Å². The molecule has 230 valence electrons. The second-order valence-corrected chi connectivity index (χ2v) is 13.6. The summed E-state index contributed by atoms with van der Waals surface area (Å²) in [5.74, 6) is 2.32. The summed E-state index contributed by atoms with van der Waals surface area (Å²) in [5, 5.41) is 3.54. The zero-order chi connectivity index (χ0) is 32.4. The molecule has 3 nitrogen and oxygen atoms in total. The molecule has 0 bridgehead atoms. The second kappa shape index (κ2) is 11.0. The van der Waals surface area contributed by atoms with Crippen LogP contribution in [-0.2, 0) is 5.41 Å². The quantitative estimate of drug-likeness (QED) is 0.191. The molecule has 3 heterocycles. The van der Waals surface area contributed by atoms with Crippen molar-refractivity contribution in [1.29, 1.82) is 0 Å². The molecule has 0 spiro atoms. The van der Waals surface area contributed by atoms with Crippen LogP contribution < -0.4 is 4.74 Å². The van der Waals surface area contributed by atoms with Crippen LogP contribution in [0.2, 0.25) is 0 Å². The van der Waals surface area contributed by atoms with E-state index in [0.29, 0.717) is 5.82 Å². The smallest absolute Gasteiger partial charge is 0.160 e. The van der Waals surface area contributed by atoms with Crippen LogP contribution >= 0.6 is 11.3 Å². The molecule has 1 aliphatic rings. The molecule has 0 atom stereocenters. The summed E-state index contributed by atoms with van der Waals surface area (Å²) in [4.78, 5) is 10.6. The van der Waals surface area contributed by atoms with E-state index in [1.54, 1.807) is 11.3 Å². The molecule has 9 aromatic rings. The van der Waals surface area contributed by atoms with Gasteiger partial charge < -0.3 is 4.74 Å². The van der Waals surface area contributed by atoms with Crippen LogP contribution in [-0.4, -0.2) is 9.97 Å². The maximum atomic E-state index is 6.79. The van der Waals surface area contributed by atoms with Gasteiger partial charge in [0, 0.05) is 32.3 Å². The highest BCUT2D eigenvalue weighted by atomic mass is 32.1. The lowest BCUT2D eigenvalue weighted by atomic mass is 9.63. The van der Waals surface area contributed by atoms with Crippen molar-refractivity contribution >= 4 is 42.4 Å². The minimum atomic E-state index is -0.574. The number of para-hydroxylation sites is 1. The summed E-state index contributed by atoms with van der Waals surface area (Å²) >= 11 is 1.75. The third-order valence-electron chi connectivity index (χ3n) is 9.81. The molecule has 0 radical (unpaired) electrons. The standard InChI is InChI=1S/C45H28N2OS/c1-3-15-33(16-4-1)45(34-17-5-2-6-18-34)36-20-10-11-21-38(36)48-39-28-32(25-26-37(39)45)44-46-41(31-24-23-29-13-7-8-14-30(29)27-31)43-42(47-44)35-19-9-12-22-40(35)49-43/h1-28H. The van der Waals surface area contributed by atoms with Crippen LogP contribution in [0.5, 0.6) is 11.5 Å². The molecule has 0 fully saturated rings. The predicted octanol–water partition coefficient (Wildman–Crippen LogP) is 11.8. The Labute approximate surface area is 287 Å². The lowest BCUT2D eigenvalue weighted by Crippen LogP contribution is -2.34. The molecule has 0 aliphatic carbocycles. The summed E-state index contributed by atoms with van der Waals surface area (Å²) in [5.41, 5.74) is 7.91. The molecule has 10 rings (SSSR count). The molecule has 1 aliphatic heterocycles. The topological polar surface area (TPSA) is 35.0 Å². The number of ether oxygens (including phenoxy) is 1. The molecule has 0 saturated carbocycles. The predicted molar refractivity (Wildman–Crippen MR) is 202 cm³/mol. The van der Waals surface area contributed by atoms with Crippen LogP contribution in [0.4, 0.5) is 0 Å². The third-order valence-corrected chi connectivity index (χ3v) is 11.0. The molecule has 0 unspecified atom stereocenters. The van der Waals surface area contributed by atoms with Gasteiger partial charge in [-0.05, 0) is 46.2 Å². The molecule has 0 N–H and O–H groups in total. The Morgan fingerprint density at radius 2 is 1.14 bits per heavy atom. The van der Waals surface area contributed by atoms with Gasteiger partial charge in [-0.25, -0.2) is 9.97 Å². The van der Waals surface area contributed by atoms with E-state index in [-0.39, 0.29) is 0 Å². The number of hydrogen-bond donors (Lipinski definition) is 0. The van der Waals surface area contributed by atoms with Crippen molar-refractivity contribution in [2.45, 2.75) is 5.41 Å². The Morgan fingerprint density at radius 3 is 1.96 bits per heavy atom. The molecule has 7 aromatic carbocycles. The average Bonchev–Trinajstić information content (AvgIpc) is 3.55. The summed E-state index contributed by atoms with van der Waals surface area (Å²) in [6.45, 7) is 0. The SMILES string of the molecule is c1ccc(C2(c3ccccc3)c3ccccc3Oc3cc(-c4nc(-c5ccc6ccccc6c5)c5sc6ccccc6c5n4)ccc32)cc1. The van der Waals surface area contributed by atoms with Gasteiger partial charge in [-0.1, -0.05) is 146 Å². The van der Waals surface area contributed by atoms with Gasteiger partial charge in [0.25, 0.3) is 0 Å². The minimum absolute atomic E-state index is 0.574. The van der Waals surface area contributed by atoms with Gasteiger partial charge in [0.15, 0.2) is 5.82 Å². The summed E-state index contributed by atoms with van der Waals surface area (Å²) < 4.78 is 9.08. The fourth-order valence-corrected chi connectivity index (χ4v) is 8.76. The maximum Gasteiger partial charge on any atom is 0.160 e. The molecular formula is C45H28N2OS. The first-order valence-corrected chi connectivity index (χ1v) is 17.3. The monoisotopic (exact) mass is 644 g/mol. The number of hydrogen-bond acceptors (Lipinski definition) is 4. The highest BCUT2D eigenvalue weighted by molar-refractivity contribution is 7.26. The normalized spacial score (nSPS) is 13.2.